The molecule has 4 nitrogen and oxygen atoms in total. The van der Waals surface area contributed by atoms with Gasteiger partial charge in [-0.1, -0.05) is 0 Å². The third-order valence-electron chi connectivity index (χ3n) is 4.14. The SMILES string of the molecule is C[C@H](N)c1cncn1C1CN2CCC1CC2. The van der Waals surface area contributed by atoms with Gasteiger partial charge in [0, 0.05) is 18.8 Å². The van der Waals surface area contributed by atoms with Gasteiger partial charge in [-0.15, -0.1) is 0 Å². The average Bonchev–Trinajstić information content (AvgIpc) is 2.79. The molecule has 3 aliphatic rings. The van der Waals surface area contributed by atoms with Crippen LogP contribution >= 0.6 is 0 Å². The number of aromatic nitrogens is 2. The van der Waals surface area contributed by atoms with E-state index >= 15 is 0 Å². The number of rotatable bonds is 2. The van der Waals surface area contributed by atoms with Crippen LogP contribution in [0.3, 0.4) is 0 Å². The molecule has 2 atom stereocenters. The van der Waals surface area contributed by atoms with Gasteiger partial charge in [-0.3, -0.25) is 0 Å². The van der Waals surface area contributed by atoms with Crippen molar-refractivity contribution in [1.82, 2.24) is 14.5 Å². The van der Waals surface area contributed by atoms with Crippen LogP contribution in [0.2, 0.25) is 0 Å². The van der Waals surface area contributed by atoms with E-state index in [0.717, 1.165) is 5.92 Å². The van der Waals surface area contributed by atoms with E-state index in [4.69, 9.17) is 5.73 Å². The monoisotopic (exact) mass is 220 g/mol. The lowest BCUT2D eigenvalue weighted by Crippen LogP contribution is -2.48. The molecule has 88 valence electrons. The molecular weight excluding hydrogens is 200 g/mol. The van der Waals surface area contributed by atoms with E-state index in [1.54, 1.807) is 0 Å². The number of imidazole rings is 1. The van der Waals surface area contributed by atoms with Gasteiger partial charge < -0.3 is 15.2 Å². The minimum absolute atomic E-state index is 0.0814. The van der Waals surface area contributed by atoms with Crippen LogP contribution in [0.4, 0.5) is 0 Å². The summed E-state index contributed by atoms with van der Waals surface area (Å²) in [6.07, 6.45) is 6.55. The molecule has 0 radical (unpaired) electrons. The lowest BCUT2D eigenvalue weighted by Gasteiger charge is -2.45. The Morgan fingerprint density at radius 2 is 2.19 bits per heavy atom. The highest BCUT2D eigenvalue weighted by molar-refractivity contribution is 5.07. The first-order valence-electron chi connectivity index (χ1n) is 6.25. The summed E-state index contributed by atoms with van der Waals surface area (Å²) in [5.74, 6) is 0.830. The standard InChI is InChI=1S/C12H20N4/c1-9(13)11-6-14-8-16(11)12-7-15-4-2-10(12)3-5-15/h6,8-10,12H,2-5,7,13H2,1H3/t9-,12?/m0/s1. The van der Waals surface area contributed by atoms with Gasteiger partial charge in [-0.05, 0) is 38.8 Å². The number of piperidine rings is 3. The molecule has 0 aromatic carbocycles. The fourth-order valence-electron chi connectivity index (χ4n) is 3.19. The van der Waals surface area contributed by atoms with Gasteiger partial charge in [0.1, 0.15) is 0 Å². The summed E-state index contributed by atoms with van der Waals surface area (Å²) in [6.45, 7) is 5.78. The molecule has 4 heterocycles. The minimum atomic E-state index is 0.0814. The van der Waals surface area contributed by atoms with Crippen LogP contribution in [0.25, 0.3) is 0 Å². The van der Waals surface area contributed by atoms with Gasteiger partial charge in [-0.25, -0.2) is 4.98 Å². The third kappa shape index (κ3) is 1.57. The van der Waals surface area contributed by atoms with Crippen molar-refractivity contribution >= 4 is 0 Å². The average molecular weight is 220 g/mol. The molecular formula is C12H20N4. The van der Waals surface area contributed by atoms with Gasteiger partial charge in [-0.2, -0.15) is 0 Å². The van der Waals surface area contributed by atoms with E-state index in [1.165, 1.54) is 38.2 Å². The molecule has 3 saturated heterocycles. The largest absolute Gasteiger partial charge is 0.328 e. The highest BCUT2D eigenvalue weighted by Crippen LogP contribution is 2.36. The zero-order valence-electron chi connectivity index (χ0n) is 9.84. The van der Waals surface area contributed by atoms with Gasteiger partial charge >= 0.3 is 0 Å². The fraction of sp³-hybridized carbons (Fsp3) is 0.750. The van der Waals surface area contributed by atoms with Crippen molar-refractivity contribution in [2.45, 2.75) is 31.8 Å². The Kier molecular flexibility index (Phi) is 2.48. The zero-order chi connectivity index (χ0) is 11.1. The van der Waals surface area contributed by atoms with Crippen LogP contribution in [0, 0.1) is 5.92 Å². The summed E-state index contributed by atoms with van der Waals surface area (Å²) in [5, 5.41) is 0. The number of fused-ring (bicyclic) bond motifs is 3. The summed E-state index contributed by atoms with van der Waals surface area (Å²) in [4.78, 5) is 6.83. The first-order chi connectivity index (χ1) is 7.75. The van der Waals surface area contributed by atoms with Crippen molar-refractivity contribution in [3.8, 4) is 0 Å². The van der Waals surface area contributed by atoms with Crippen LogP contribution in [0.5, 0.6) is 0 Å². The van der Waals surface area contributed by atoms with Crippen LogP contribution in [-0.2, 0) is 0 Å². The summed E-state index contributed by atoms with van der Waals surface area (Å²) in [5.41, 5.74) is 7.17. The second kappa shape index (κ2) is 3.86. The van der Waals surface area contributed by atoms with Crippen LogP contribution in [0.15, 0.2) is 12.5 Å². The lowest BCUT2D eigenvalue weighted by molar-refractivity contribution is 0.0554. The van der Waals surface area contributed by atoms with Crippen molar-refractivity contribution in [2.24, 2.45) is 11.7 Å². The minimum Gasteiger partial charge on any atom is -0.328 e. The smallest absolute Gasteiger partial charge is 0.0951 e. The molecule has 0 saturated carbocycles. The summed E-state index contributed by atoms with van der Waals surface area (Å²) in [7, 11) is 0. The van der Waals surface area contributed by atoms with Gasteiger partial charge in [0.2, 0.25) is 0 Å². The van der Waals surface area contributed by atoms with Gasteiger partial charge in [0.15, 0.2) is 0 Å². The quantitative estimate of drug-likeness (QED) is 0.814. The molecule has 1 aromatic rings. The molecule has 16 heavy (non-hydrogen) atoms. The number of nitrogens with zero attached hydrogens (tertiary/aromatic N) is 3. The Labute approximate surface area is 96.4 Å². The number of nitrogens with two attached hydrogens (primary N) is 1. The highest BCUT2D eigenvalue weighted by Gasteiger charge is 2.35. The zero-order valence-corrected chi connectivity index (χ0v) is 9.84. The van der Waals surface area contributed by atoms with E-state index in [9.17, 15) is 0 Å². The summed E-state index contributed by atoms with van der Waals surface area (Å²) in [6, 6.07) is 0.684. The molecule has 1 unspecified atom stereocenters. The second-order valence-corrected chi connectivity index (χ2v) is 5.22. The Morgan fingerprint density at radius 1 is 1.44 bits per heavy atom. The van der Waals surface area contributed by atoms with E-state index in [1.807, 2.05) is 19.4 Å². The van der Waals surface area contributed by atoms with Crippen molar-refractivity contribution in [1.29, 1.82) is 0 Å². The Balaban J connectivity index is 1.89. The van der Waals surface area contributed by atoms with Crippen LogP contribution in [-0.4, -0.2) is 34.1 Å². The van der Waals surface area contributed by atoms with Crippen LogP contribution < -0.4 is 5.73 Å². The second-order valence-electron chi connectivity index (χ2n) is 5.22. The van der Waals surface area contributed by atoms with Crippen molar-refractivity contribution in [2.75, 3.05) is 19.6 Å². The maximum absolute atomic E-state index is 5.99. The van der Waals surface area contributed by atoms with E-state index in [0.29, 0.717) is 6.04 Å². The molecule has 0 aliphatic carbocycles. The Bertz CT molecular complexity index is 363. The third-order valence-corrected chi connectivity index (χ3v) is 4.14. The van der Waals surface area contributed by atoms with E-state index in [2.05, 4.69) is 14.5 Å². The molecule has 2 N–H and O–H groups in total. The Morgan fingerprint density at radius 3 is 2.75 bits per heavy atom. The Hall–Kier alpha value is -0.870. The molecule has 4 heteroatoms. The molecule has 2 bridgehead atoms. The normalized spacial score (nSPS) is 35.2. The lowest BCUT2D eigenvalue weighted by atomic mass is 9.83. The first kappa shape index (κ1) is 10.3. The predicted molar refractivity (Wildman–Crippen MR) is 63.0 cm³/mol. The number of hydrogen-bond donors (Lipinski definition) is 1. The maximum atomic E-state index is 5.99. The number of hydrogen-bond acceptors (Lipinski definition) is 3. The summed E-state index contributed by atoms with van der Waals surface area (Å²) >= 11 is 0. The molecule has 1 aromatic heterocycles. The topological polar surface area (TPSA) is 47.1 Å². The van der Waals surface area contributed by atoms with Crippen LogP contribution in [0.1, 0.15) is 37.5 Å². The molecule has 3 aliphatic heterocycles. The highest BCUT2D eigenvalue weighted by atomic mass is 15.2. The molecule has 0 spiro atoms. The fourth-order valence-corrected chi connectivity index (χ4v) is 3.19. The molecule has 3 fully saturated rings. The van der Waals surface area contributed by atoms with Crippen molar-refractivity contribution < 1.29 is 0 Å². The molecule has 0 amide bonds. The summed E-state index contributed by atoms with van der Waals surface area (Å²) < 4.78 is 2.32. The first-order valence-corrected chi connectivity index (χ1v) is 6.25. The maximum Gasteiger partial charge on any atom is 0.0951 e. The predicted octanol–water partition coefficient (Wildman–Crippen LogP) is 1.17. The van der Waals surface area contributed by atoms with E-state index in [-0.39, 0.29) is 6.04 Å². The van der Waals surface area contributed by atoms with Gasteiger partial charge in [0.25, 0.3) is 0 Å². The van der Waals surface area contributed by atoms with Crippen molar-refractivity contribution in [3.05, 3.63) is 18.2 Å². The molecule has 4 rings (SSSR count). The van der Waals surface area contributed by atoms with E-state index < -0.39 is 0 Å². The van der Waals surface area contributed by atoms with Gasteiger partial charge in [0.05, 0.1) is 18.1 Å². The van der Waals surface area contributed by atoms with Crippen molar-refractivity contribution in [3.63, 3.8) is 0 Å².